The van der Waals surface area contributed by atoms with E-state index in [0.29, 0.717) is 13.0 Å². The Morgan fingerprint density at radius 3 is 2.58 bits per heavy atom. The molecule has 0 unspecified atom stereocenters. The lowest BCUT2D eigenvalue weighted by Crippen LogP contribution is -2.36. The summed E-state index contributed by atoms with van der Waals surface area (Å²) >= 11 is 0. The molecule has 1 N–H and O–H groups in total. The molecule has 3 rings (SSSR count). The second kappa shape index (κ2) is 9.25. The van der Waals surface area contributed by atoms with Gasteiger partial charge in [-0.05, 0) is 30.2 Å². The zero-order chi connectivity index (χ0) is 18.2. The minimum atomic E-state index is 0.0492. The molecule has 2 aromatic rings. The first-order chi connectivity index (χ1) is 12.8. The molecule has 0 atom stereocenters. The number of hydrogen-bond acceptors (Lipinski definition) is 4. The van der Waals surface area contributed by atoms with Crippen LogP contribution in [-0.4, -0.2) is 39.3 Å². The van der Waals surface area contributed by atoms with E-state index in [1.54, 1.807) is 7.11 Å². The summed E-state index contributed by atoms with van der Waals surface area (Å²) in [6, 6.07) is 16.2. The number of hydrogen-bond donors (Lipinski definition) is 1. The second-order valence-electron chi connectivity index (χ2n) is 6.35. The van der Waals surface area contributed by atoms with Gasteiger partial charge in [0.05, 0.1) is 20.3 Å². The van der Waals surface area contributed by atoms with Gasteiger partial charge in [-0.15, -0.1) is 0 Å². The normalized spacial score (nSPS) is 14.1. The van der Waals surface area contributed by atoms with Crippen LogP contribution in [0.5, 0.6) is 5.75 Å². The van der Waals surface area contributed by atoms with Crippen LogP contribution in [-0.2, 0) is 22.5 Å². The number of ether oxygens (including phenoxy) is 2. The smallest absolute Gasteiger partial charge is 0.220 e. The van der Waals surface area contributed by atoms with Crippen LogP contribution in [0.2, 0.25) is 0 Å². The summed E-state index contributed by atoms with van der Waals surface area (Å²) in [5.74, 6) is 0.847. The van der Waals surface area contributed by atoms with Crippen LogP contribution in [0, 0.1) is 0 Å². The summed E-state index contributed by atoms with van der Waals surface area (Å²) in [4.78, 5) is 14.5. The Kier molecular flexibility index (Phi) is 6.50. The van der Waals surface area contributed by atoms with Gasteiger partial charge in [-0.25, -0.2) is 0 Å². The van der Waals surface area contributed by atoms with Crippen molar-refractivity contribution in [1.29, 1.82) is 0 Å². The number of amides is 1. The monoisotopic (exact) mass is 354 g/mol. The molecule has 2 aromatic carbocycles. The minimum absolute atomic E-state index is 0.0492. The second-order valence-corrected chi connectivity index (χ2v) is 6.35. The molecule has 0 saturated carbocycles. The van der Waals surface area contributed by atoms with Crippen molar-refractivity contribution in [2.75, 3.05) is 38.3 Å². The Labute approximate surface area is 154 Å². The molecule has 1 amide bonds. The van der Waals surface area contributed by atoms with Crippen LogP contribution in [0.3, 0.4) is 0 Å². The number of anilines is 1. The maximum atomic E-state index is 12.1. The van der Waals surface area contributed by atoms with Gasteiger partial charge in [0, 0.05) is 37.3 Å². The highest BCUT2D eigenvalue weighted by Gasteiger charge is 2.11. The number of methoxy groups -OCH3 is 1. The van der Waals surface area contributed by atoms with Crippen molar-refractivity contribution < 1.29 is 14.3 Å². The molecule has 0 bridgehead atoms. The van der Waals surface area contributed by atoms with Crippen molar-refractivity contribution in [1.82, 2.24) is 5.32 Å². The SMILES string of the molecule is COc1ccccc1CNC(=O)CCc1ccc(N2CCOCC2)cc1. The molecule has 5 nitrogen and oxygen atoms in total. The first kappa shape index (κ1) is 18.3. The van der Waals surface area contributed by atoms with Crippen LogP contribution in [0.25, 0.3) is 0 Å². The van der Waals surface area contributed by atoms with E-state index in [1.165, 1.54) is 11.3 Å². The van der Waals surface area contributed by atoms with Gasteiger partial charge in [-0.1, -0.05) is 30.3 Å². The third-order valence-corrected chi connectivity index (χ3v) is 4.62. The Bertz CT molecular complexity index is 709. The largest absolute Gasteiger partial charge is 0.496 e. The number of rotatable bonds is 7. The summed E-state index contributed by atoms with van der Waals surface area (Å²) in [5, 5.41) is 2.97. The zero-order valence-electron chi connectivity index (χ0n) is 15.2. The predicted octanol–water partition coefficient (Wildman–Crippen LogP) is 2.78. The molecule has 0 aromatic heterocycles. The third kappa shape index (κ3) is 4.99. The molecule has 1 aliphatic heterocycles. The maximum Gasteiger partial charge on any atom is 0.220 e. The third-order valence-electron chi connectivity index (χ3n) is 4.62. The highest BCUT2D eigenvalue weighted by Crippen LogP contribution is 2.18. The quantitative estimate of drug-likeness (QED) is 0.831. The van der Waals surface area contributed by atoms with Crippen LogP contribution in [0.1, 0.15) is 17.5 Å². The van der Waals surface area contributed by atoms with Gasteiger partial charge in [-0.3, -0.25) is 4.79 Å². The number of benzene rings is 2. The van der Waals surface area contributed by atoms with Gasteiger partial charge in [0.15, 0.2) is 0 Å². The topological polar surface area (TPSA) is 50.8 Å². The van der Waals surface area contributed by atoms with Crippen LogP contribution < -0.4 is 15.0 Å². The maximum absolute atomic E-state index is 12.1. The van der Waals surface area contributed by atoms with Gasteiger partial charge in [-0.2, -0.15) is 0 Å². The standard InChI is InChI=1S/C21H26N2O3/c1-25-20-5-3-2-4-18(20)16-22-21(24)11-8-17-6-9-19(10-7-17)23-12-14-26-15-13-23/h2-7,9-10H,8,11-16H2,1H3,(H,22,24). The van der Waals surface area contributed by atoms with Gasteiger partial charge in [0.2, 0.25) is 5.91 Å². The molecular weight excluding hydrogens is 328 g/mol. The summed E-state index contributed by atoms with van der Waals surface area (Å²) in [6.07, 6.45) is 1.22. The van der Waals surface area contributed by atoms with E-state index in [2.05, 4.69) is 34.5 Å². The van der Waals surface area contributed by atoms with Crippen molar-refractivity contribution in [3.05, 3.63) is 59.7 Å². The Balaban J connectivity index is 1.45. The molecule has 0 spiro atoms. The number of nitrogens with one attached hydrogen (secondary N) is 1. The van der Waals surface area contributed by atoms with E-state index in [1.807, 2.05) is 24.3 Å². The lowest BCUT2D eigenvalue weighted by Gasteiger charge is -2.28. The summed E-state index contributed by atoms with van der Waals surface area (Å²) < 4.78 is 10.7. The minimum Gasteiger partial charge on any atom is -0.496 e. The molecule has 138 valence electrons. The van der Waals surface area contributed by atoms with Crippen LogP contribution >= 0.6 is 0 Å². The molecule has 1 heterocycles. The summed E-state index contributed by atoms with van der Waals surface area (Å²) in [6.45, 7) is 3.93. The molecule has 0 aliphatic carbocycles. The van der Waals surface area contributed by atoms with Crippen LogP contribution in [0.15, 0.2) is 48.5 Å². The summed E-state index contributed by atoms with van der Waals surface area (Å²) in [5.41, 5.74) is 3.38. The number of morpholine rings is 1. The molecule has 26 heavy (non-hydrogen) atoms. The average molecular weight is 354 g/mol. The molecular formula is C21H26N2O3. The lowest BCUT2D eigenvalue weighted by molar-refractivity contribution is -0.121. The van der Waals surface area contributed by atoms with Crippen LogP contribution in [0.4, 0.5) is 5.69 Å². The highest BCUT2D eigenvalue weighted by molar-refractivity contribution is 5.76. The van der Waals surface area contributed by atoms with E-state index in [4.69, 9.17) is 9.47 Å². The number of para-hydroxylation sites is 1. The Hall–Kier alpha value is -2.53. The number of carbonyl (C=O) groups excluding carboxylic acids is 1. The Morgan fingerprint density at radius 1 is 1.12 bits per heavy atom. The van der Waals surface area contributed by atoms with E-state index in [0.717, 1.165) is 44.0 Å². The lowest BCUT2D eigenvalue weighted by atomic mass is 10.1. The Morgan fingerprint density at radius 2 is 1.85 bits per heavy atom. The van der Waals surface area contributed by atoms with Gasteiger partial charge < -0.3 is 19.7 Å². The molecule has 0 radical (unpaired) electrons. The highest BCUT2D eigenvalue weighted by atomic mass is 16.5. The van der Waals surface area contributed by atoms with E-state index in [-0.39, 0.29) is 5.91 Å². The fraction of sp³-hybridized carbons (Fsp3) is 0.381. The van der Waals surface area contributed by atoms with Crippen molar-refractivity contribution in [2.45, 2.75) is 19.4 Å². The van der Waals surface area contributed by atoms with Gasteiger partial charge in [0.1, 0.15) is 5.75 Å². The zero-order valence-corrected chi connectivity index (χ0v) is 15.2. The van der Waals surface area contributed by atoms with Gasteiger partial charge in [0.25, 0.3) is 0 Å². The van der Waals surface area contributed by atoms with Gasteiger partial charge >= 0.3 is 0 Å². The molecule has 1 saturated heterocycles. The first-order valence-electron chi connectivity index (χ1n) is 9.06. The fourth-order valence-corrected chi connectivity index (χ4v) is 3.08. The number of aryl methyl sites for hydroxylation is 1. The average Bonchev–Trinajstić information content (AvgIpc) is 2.72. The molecule has 5 heteroatoms. The van der Waals surface area contributed by atoms with E-state index >= 15 is 0 Å². The van der Waals surface area contributed by atoms with Crippen molar-refractivity contribution in [2.24, 2.45) is 0 Å². The summed E-state index contributed by atoms with van der Waals surface area (Å²) in [7, 11) is 1.64. The number of nitrogens with zero attached hydrogens (tertiary/aromatic N) is 1. The van der Waals surface area contributed by atoms with E-state index < -0.39 is 0 Å². The predicted molar refractivity (Wildman–Crippen MR) is 103 cm³/mol. The first-order valence-corrected chi connectivity index (χ1v) is 9.06. The van der Waals surface area contributed by atoms with Crippen molar-refractivity contribution >= 4 is 11.6 Å². The molecule has 1 fully saturated rings. The molecule has 1 aliphatic rings. The number of carbonyl (C=O) groups is 1. The fourth-order valence-electron chi connectivity index (χ4n) is 3.08. The van der Waals surface area contributed by atoms with E-state index in [9.17, 15) is 4.79 Å². The van der Waals surface area contributed by atoms with Crippen molar-refractivity contribution in [3.63, 3.8) is 0 Å². The van der Waals surface area contributed by atoms with Crippen molar-refractivity contribution in [3.8, 4) is 5.75 Å².